The Hall–Kier alpha value is -0.790. The number of allylic oxidation sites excluding steroid dienone is 2. The molecule has 0 bridgehead atoms. The molecule has 4 fully saturated rings. The van der Waals surface area contributed by atoms with Gasteiger partial charge >= 0.3 is 5.97 Å². The van der Waals surface area contributed by atoms with Crippen LogP contribution in [0.15, 0.2) is 12.2 Å². The van der Waals surface area contributed by atoms with Crippen molar-refractivity contribution >= 4 is 5.97 Å². The van der Waals surface area contributed by atoms with E-state index in [0.717, 1.165) is 54.3 Å². The Morgan fingerprint density at radius 1 is 0.939 bits per heavy atom. The van der Waals surface area contributed by atoms with Crippen LogP contribution in [0, 0.1) is 58.2 Å². The summed E-state index contributed by atoms with van der Waals surface area (Å²) in [6.45, 7) is 16.5. The molecule has 33 heavy (non-hydrogen) atoms. The van der Waals surface area contributed by atoms with E-state index in [0.29, 0.717) is 16.7 Å². The zero-order valence-electron chi connectivity index (χ0n) is 22.7. The van der Waals surface area contributed by atoms with Gasteiger partial charge in [0.25, 0.3) is 0 Å². The molecule has 5 unspecified atom stereocenters. The van der Waals surface area contributed by atoms with Gasteiger partial charge in [-0.05, 0) is 122 Å². The molecule has 0 aromatic heterocycles. The third-order valence-electron chi connectivity index (χ3n) is 11.6. The minimum atomic E-state index is -0.0930. The van der Waals surface area contributed by atoms with Crippen LogP contribution in [0.3, 0.4) is 0 Å². The zero-order valence-corrected chi connectivity index (χ0v) is 22.7. The molecule has 0 aromatic carbocycles. The van der Waals surface area contributed by atoms with Crippen LogP contribution in [-0.2, 0) is 9.53 Å². The SMILES string of the molecule is CCC(/C=C/[C@H](C)C1CCC2C3CC[C@@H]4C[C@@H](OC(C)=O)CC[C@]4(C)C3CC[C@@]21C)C(C)C. The van der Waals surface area contributed by atoms with Gasteiger partial charge in [0.15, 0.2) is 0 Å². The van der Waals surface area contributed by atoms with E-state index in [1.54, 1.807) is 6.92 Å². The fraction of sp³-hybridized carbons (Fsp3) is 0.903. The van der Waals surface area contributed by atoms with Gasteiger partial charge in [-0.15, -0.1) is 0 Å². The second-order valence-electron chi connectivity index (χ2n) is 13.5. The highest BCUT2D eigenvalue weighted by atomic mass is 16.5. The van der Waals surface area contributed by atoms with Crippen LogP contribution >= 0.6 is 0 Å². The Morgan fingerprint density at radius 3 is 2.30 bits per heavy atom. The first-order valence-corrected chi connectivity index (χ1v) is 14.5. The van der Waals surface area contributed by atoms with Gasteiger partial charge < -0.3 is 4.74 Å². The highest BCUT2D eigenvalue weighted by molar-refractivity contribution is 5.66. The molecule has 0 saturated heterocycles. The highest BCUT2D eigenvalue weighted by Gasteiger charge is 2.60. The Balaban J connectivity index is 1.46. The number of carbonyl (C=O) groups excluding carboxylic acids is 1. The number of carbonyl (C=O) groups is 1. The third kappa shape index (κ3) is 4.58. The smallest absolute Gasteiger partial charge is 0.302 e. The van der Waals surface area contributed by atoms with Gasteiger partial charge in [-0.25, -0.2) is 0 Å². The van der Waals surface area contributed by atoms with Crippen LogP contribution in [0.1, 0.15) is 113 Å². The lowest BCUT2D eigenvalue weighted by Crippen LogP contribution is -2.54. The molecule has 2 heteroatoms. The standard InChI is InChI=1S/C31H52O2/c1-8-23(20(2)3)10-9-21(4)27-13-14-28-26-12-11-24-19-25(33-22(5)32)15-17-30(24,6)29(26)16-18-31(27,28)7/h9-10,20-21,23-29H,8,11-19H2,1-7H3/b10-9+/t21-,23?,24+,25-,26?,27?,28?,29?,30-,31+/m0/s1. The molecule has 0 aliphatic heterocycles. The molecule has 0 aromatic rings. The molecule has 4 rings (SSSR count). The lowest BCUT2D eigenvalue weighted by atomic mass is 9.44. The van der Waals surface area contributed by atoms with Gasteiger partial charge in [0.1, 0.15) is 6.10 Å². The Labute approximate surface area is 204 Å². The largest absolute Gasteiger partial charge is 0.463 e. The van der Waals surface area contributed by atoms with Crippen molar-refractivity contribution in [3.63, 3.8) is 0 Å². The van der Waals surface area contributed by atoms with E-state index in [1.807, 2.05) is 0 Å². The van der Waals surface area contributed by atoms with Crippen LogP contribution in [-0.4, -0.2) is 12.1 Å². The minimum absolute atomic E-state index is 0.0930. The highest BCUT2D eigenvalue weighted by Crippen LogP contribution is 2.68. The molecule has 0 radical (unpaired) electrons. The Kier molecular flexibility index (Phi) is 7.43. The third-order valence-corrected chi connectivity index (χ3v) is 11.6. The molecule has 0 amide bonds. The van der Waals surface area contributed by atoms with E-state index < -0.39 is 0 Å². The zero-order chi connectivity index (χ0) is 24.0. The summed E-state index contributed by atoms with van der Waals surface area (Å²) in [5, 5.41) is 0. The van der Waals surface area contributed by atoms with E-state index in [1.165, 1.54) is 51.4 Å². The van der Waals surface area contributed by atoms with Crippen molar-refractivity contribution in [2.24, 2.45) is 58.2 Å². The summed E-state index contributed by atoms with van der Waals surface area (Å²) < 4.78 is 5.66. The Morgan fingerprint density at radius 2 is 1.64 bits per heavy atom. The van der Waals surface area contributed by atoms with Gasteiger partial charge in [-0.1, -0.05) is 53.7 Å². The fourth-order valence-corrected chi connectivity index (χ4v) is 9.75. The maximum Gasteiger partial charge on any atom is 0.302 e. The van der Waals surface area contributed by atoms with Crippen LogP contribution < -0.4 is 0 Å². The normalized spacial score (nSPS) is 44.7. The van der Waals surface area contributed by atoms with E-state index in [9.17, 15) is 4.79 Å². The second kappa shape index (κ2) is 9.69. The number of hydrogen-bond acceptors (Lipinski definition) is 2. The van der Waals surface area contributed by atoms with Gasteiger partial charge in [0.05, 0.1) is 0 Å². The first-order valence-electron chi connectivity index (χ1n) is 14.5. The molecule has 4 aliphatic rings. The minimum Gasteiger partial charge on any atom is -0.463 e. The summed E-state index contributed by atoms with van der Waals surface area (Å²) in [5.74, 6) is 6.43. The topological polar surface area (TPSA) is 26.3 Å². The number of fused-ring (bicyclic) bond motifs is 5. The molecule has 0 heterocycles. The summed E-state index contributed by atoms with van der Waals surface area (Å²) in [5.41, 5.74) is 0.999. The maximum atomic E-state index is 11.5. The van der Waals surface area contributed by atoms with E-state index >= 15 is 0 Å². The summed E-state index contributed by atoms with van der Waals surface area (Å²) in [4.78, 5) is 11.5. The number of esters is 1. The van der Waals surface area contributed by atoms with Gasteiger partial charge in [-0.2, -0.15) is 0 Å². The number of hydrogen-bond donors (Lipinski definition) is 0. The first kappa shape index (κ1) is 25.3. The molecular weight excluding hydrogens is 404 g/mol. The van der Waals surface area contributed by atoms with Crippen LogP contribution in [0.2, 0.25) is 0 Å². The van der Waals surface area contributed by atoms with Crippen LogP contribution in [0.25, 0.3) is 0 Å². The second-order valence-corrected chi connectivity index (χ2v) is 13.5. The molecule has 4 aliphatic carbocycles. The predicted molar refractivity (Wildman–Crippen MR) is 138 cm³/mol. The van der Waals surface area contributed by atoms with E-state index in [2.05, 4.69) is 53.7 Å². The summed E-state index contributed by atoms with van der Waals surface area (Å²) in [6.07, 6.45) is 18.6. The van der Waals surface area contributed by atoms with Crippen molar-refractivity contribution in [2.45, 2.75) is 119 Å². The monoisotopic (exact) mass is 456 g/mol. The maximum absolute atomic E-state index is 11.5. The van der Waals surface area contributed by atoms with Gasteiger partial charge in [0.2, 0.25) is 0 Å². The van der Waals surface area contributed by atoms with Gasteiger partial charge in [0, 0.05) is 6.92 Å². The molecule has 0 N–H and O–H groups in total. The van der Waals surface area contributed by atoms with Crippen molar-refractivity contribution < 1.29 is 9.53 Å². The van der Waals surface area contributed by atoms with Gasteiger partial charge in [-0.3, -0.25) is 4.79 Å². The summed E-state index contributed by atoms with van der Waals surface area (Å²) in [7, 11) is 0. The van der Waals surface area contributed by atoms with Crippen LogP contribution in [0.4, 0.5) is 0 Å². The Bertz CT molecular complexity index is 724. The predicted octanol–water partition coefficient (Wildman–Crippen LogP) is 8.45. The number of ether oxygens (including phenoxy) is 1. The van der Waals surface area contributed by atoms with Crippen LogP contribution in [0.5, 0.6) is 0 Å². The van der Waals surface area contributed by atoms with E-state index in [4.69, 9.17) is 4.74 Å². The number of rotatable bonds is 6. The molecule has 2 nitrogen and oxygen atoms in total. The molecular formula is C31H52O2. The van der Waals surface area contributed by atoms with Crippen molar-refractivity contribution in [3.8, 4) is 0 Å². The van der Waals surface area contributed by atoms with Crippen molar-refractivity contribution in [2.75, 3.05) is 0 Å². The lowest BCUT2D eigenvalue weighted by molar-refractivity contribution is -0.160. The molecule has 0 spiro atoms. The van der Waals surface area contributed by atoms with Crippen molar-refractivity contribution in [3.05, 3.63) is 12.2 Å². The lowest BCUT2D eigenvalue weighted by Gasteiger charge is -2.61. The average molecular weight is 457 g/mol. The molecule has 188 valence electrons. The summed E-state index contributed by atoms with van der Waals surface area (Å²) >= 11 is 0. The molecule has 10 atom stereocenters. The average Bonchev–Trinajstić information content (AvgIpc) is 3.11. The summed E-state index contributed by atoms with van der Waals surface area (Å²) in [6, 6.07) is 0. The molecule has 4 saturated carbocycles. The van der Waals surface area contributed by atoms with E-state index in [-0.39, 0.29) is 12.1 Å². The van der Waals surface area contributed by atoms with Crippen molar-refractivity contribution in [1.29, 1.82) is 0 Å². The quantitative estimate of drug-likeness (QED) is 0.296. The first-order chi connectivity index (χ1) is 15.6. The van der Waals surface area contributed by atoms with Crippen molar-refractivity contribution in [1.82, 2.24) is 0 Å². The fourth-order valence-electron chi connectivity index (χ4n) is 9.75.